The second-order valence-corrected chi connectivity index (χ2v) is 5.94. The Labute approximate surface area is 145 Å². The summed E-state index contributed by atoms with van der Waals surface area (Å²) in [5.41, 5.74) is 3.10. The maximum atomic E-state index is 12.7. The number of benzene rings is 1. The standard InChI is InChI=1S/C17H21N7O/c1-13-10-14(2)23(20-13)9-8-18-17(25)16(24-12-19-21-22-24)11-15-6-4-3-5-7-15/h3-7,10,12,16H,8-9,11H2,1-2H3,(H,18,25)/t16-/m0/s1. The van der Waals surface area contributed by atoms with E-state index in [1.165, 1.54) is 11.0 Å². The zero-order valence-electron chi connectivity index (χ0n) is 14.3. The number of hydrogen-bond donors (Lipinski definition) is 1. The third-order valence-corrected chi connectivity index (χ3v) is 3.98. The first-order chi connectivity index (χ1) is 12.1. The molecule has 0 aliphatic heterocycles. The van der Waals surface area contributed by atoms with E-state index in [0.717, 1.165) is 17.0 Å². The first kappa shape index (κ1) is 16.8. The molecule has 2 heterocycles. The van der Waals surface area contributed by atoms with Gasteiger partial charge in [0, 0.05) is 18.7 Å². The highest BCUT2D eigenvalue weighted by atomic mass is 16.2. The van der Waals surface area contributed by atoms with Gasteiger partial charge in [0.05, 0.1) is 12.2 Å². The van der Waals surface area contributed by atoms with Gasteiger partial charge < -0.3 is 5.32 Å². The minimum absolute atomic E-state index is 0.113. The van der Waals surface area contributed by atoms with Crippen LogP contribution in [0.4, 0.5) is 0 Å². The van der Waals surface area contributed by atoms with Crippen LogP contribution in [-0.2, 0) is 17.8 Å². The first-order valence-corrected chi connectivity index (χ1v) is 8.18. The summed E-state index contributed by atoms with van der Waals surface area (Å²) in [5, 5.41) is 18.5. The number of carbonyl (C=O) groups excluding carboxylic acids is 1. The zero-order chi connectivity index (χ0) is 17.6. The van der Waals surface area contributed by atoms with Crippen LogP contribution in [-0.4, -0.2) is 42.4 Å². The molecule has 130 valence electrons. The van der Waals surface area contributed by atoms with Crippen molar-refractivity contribution in [3.63, 3.8) is 0 Å². The molecule has 1 aromatic carbocycles. The van der Waals surface area contributed by atoms with Crippen molar-refractivity contribution in [1.82, 2.24) is 35.3 Å². The minimum atomic E-state index is -0.488. The van der Waals surface area contributed by atoms with Crippen molar-refractivity contribution in [2.45, 2.75) is 32.9 Å². The van der Waals surface area contributed by atoms with Crippen molar-refractivity contribution < 1.29 is 4.79 Å². The fourth-order valence-corrected chi connectivity index (χ4v) is 2.76. The van der Waals surface area contributed by atoms with Gasteiger partial charge in [-0.2, -0.15) is 5.10 Å². The van der Waals surface area contributed by atoms with E-state index in [9.17, 15) is 4.79 Å². The maximum absolute atomic E-state index is 12.7. The Morgan fingerprint density at radius 2 is 2.04 bits per heavy atom. The molecular weight excluding hydrogens is 318 g/mol. The molecule has 1 atom stereocenters. The third-order valence-electron chi connectivity index (χ3n) is 3.98. The minimum Gasteiger partial charge on any atom is -0.352 e. The molecule has 0 saturated carbocycles. The van der Waals surface area contributed by atoms with Gasteiger partial charge in [-0.3, -0.25) is 9.48 Å². The molecule has 3 aromatic rings. The van der Waals surface area contributed by atoms with Gasteiger partial charge in [-0.25, -0.2) is 4.68 Å². The van der Waals surface area contributed by atoms with Crippen molar-refractivity contribution in [2.75, 3.05) is 6.54 Å². The number of nitrogens with zero attached hydrogens (tertiary/aromatic N) is 6. The summed E-state index contributed by atoms with van der Waals surface area (Å²) in [7, 11) is 0. The average Bonchev–Trinajstić information content (AvgIpc) is 3.23. The SMILES string of the molecule is Cc1cc(C)n(CCNC(=O)[C@H](Cc2ccccc2)n2cnnn2)n1. The van der Waals surface area contributed by atoms with Gasteiger partial charge in [0.25, 0.3) is 0 Å². The normalized spacial score (nSPS) is 12.1. The van der Waals surface area contributed by atoms with Gasteiger partial charge >= 0.3 is 0 Å². The Morgan fingerprint density at radius 1 is 1.24 bits per heavy atom. The quantitative estimate of drug-likeness (QED) is 0.696. The Kier molecular flexibility index (Phi) is 5.17. The van der Waals surface area contributed by atoms with Crippen LogP contribution in [0.2, 0.25) is 0 Å². The molecular formula is C17H21N7O. The second kappa shape index (κ2) is 7.69. The van der Waals surface area contributed by atoms with E-state index >= 15 is 0 Å². The van der Waals surface area contributed by atoms with Crippen LogP contribution in [0.25, 0.3) is 0 Å². The van der Waals surface area contributed by atoms with Gasteiger partial charge in [0.1, 0.15) is 12.4 Å². The lowest BCUT2D eigenvalue weighted by Crippen LogP contribution is -2.36. The largest absolute Gasteiger partial charge is 0.352 e. The van der Waals surface area contributed by atoms with E-state index in [1.807, 2.05) is 54.9 Å². The fraction of sp³-hybridized carbons (Fsp3) is 0.353. The Hall–Kier alpha value is -3.03. The topological polar surface area (TPSA) is 90.5 Å². The van der Waals surface area contributed by atoms with E-state index < -0.39 is 6.04 Å². The van der Waals surface area contributed by atoms with Gasteiger partial charge in [0.2, 0.25) is 5.91 Å². The smallest absolute Gasteiger partial charge is 0.245 e. The Balaban J connectivity index is 1.64. The number of amides is 1. The van der Waals surface area contributed by atoms with E-state index in [2.05, 4.69) is 25.9 Å². The number of rotatable bonds is 7. The first-order valence-electron chi connectivity index (χ1n) is 8.18. The zero-order valence-corrected chi connectivity index (χ0v) is 14.3. The molecule has 3 rings (SSSR count). The lowest BCUT2D eigenvalue weighted by Gasteiger charge is -2.16. The van der Waals surface area contributed by atoms with E-state index in [-0.39, 0.29) is 5.91 Å². The summed E-state index contributed by atoms with van der Waals surface area (Å²) < 4.78 is 3.38. The van der Waals surface area contributed by atoms with Crippen molar-refractivity contribution in [2.24, 2.45) is 0 Å². The van der Waals surface area contributed by atoms with E-state index in [0.29, 0.717) is 19.5 Å². The van der Waals surface area contributed by atoms with Crippen LogP contribution in [0.1, 0.15) is 23.0 Å². The summed E-state index contributed by atoms with van der Waals surface area (Å²) in [6, 6.07) is 11.4. The van der Waals surface area contributed by atoms with Crippen LogP contribution in [0.15, 0.2) is 42.7 Å². The molecule has 0 unspecified atom stereocenters. The molecule has 0 saturated heterocycles. The van der Waals surface area contributed by atoms with Crippen LogP contribution in [0.3, 0.4) is 0 Å². The summed E-state index contributed by atoms with van der Waals surface area (Å²) in [4.78, 5) is 12.7. The number of carbonyl (C=O) groups is 1. The average molecular weight is 339 g/mol. The van der Waals surface area contributed by atoms with Crippen molar-refractivity contribution in [3.05, 3.63) is 59.7 Å². The molecule has 0 radical (unpaired) electrons. The predicted octanol–water partition coefficient (Wildman–Crippen LogP) is 1.09. The fourth-order valence-electron chi connectivity index (χ4n) is 2.76. The van der Waals surface area contributed by atoms with Gasteiger partial charge in [0.15, 0.2) is 0 Å². The lowest BCUT2D eigenvalue weighted by molar-refractivity contribution is -0.124. The monoisotopic (exact) mass is 339 g/mol. The van der Waals surface area contributed by atoms with E-state index in [4.69, 9.17) is 0 Å². The van der Waals surface area contributed by atoms with Crippen molar-refractivity contribution in [1.29, 1.82) is 0 Å². The molecule has 8 nitrogen and oxygen atoms in total. The molecule has 25 heavy (non-hydrogen) atoms. The molecule has 0 spiro atoms. The molecule has 0 aliphatic rings. The number of hydrogen-bond acceptors (Lipinski definition) is 5. The lowest BCUT2D eigenvalue weighted by atomic mass is 10.1. The molecule has 1 amide bonds. The molecule has 2 aromatic heterocycles. The van der Waals surface area contributed by atoms with Gasteiger partial charge in [-0.05, 0) is 35.9 Å². The van der Waals surface area contributed by atoms with Crippen LogP contribution in [0, 0.1) is 13.8 Å². The molecule has 0 fully saturated rings. The highest BCUT2D eigenvalue weighted by Gasteiger charge is 2.22. The predicted molar refractivity (Wildman–Crippen MR) is 91.7 cm³/mol. The number of aromatic nitrogens is 6. The second-order valence-electron chi connectivity index (χ2n) is 5.94. The highest BCUT2D eigenvalue weighted by Crippen LogP contribution is 2.13. The summed E-state index contributed by atoms with van der Waals surface area (Å²) >= 11 is 0. The molecule has 0 bridgehead atoms. The third kappa shape index (κ3) is 4.28. The summed E-state index contributed by atoms with van der Waals surface area (Å²) in [6.45, 7) is 5.07. The Bertz CT molecular complexity index is 811. The number of aryl methyl sites for hydroxylation is 2. The summed E-state index contributed by atoms with van der Waals surface area (Å²) in [5.74, 6) is -0.113. The summed E-state index contributed by atoms with van der Waals surface area (Å²) in [6.07, 6.45) is 1.99. The van der Waals surface area contributed by atoms with Gasteiger partial charge in [-0.15, -0.1) is 5.10 Å². The Morgan fingerprint density at radius 3 is 2.68 bits per heavy atom. The molecule has 0 aliphatic carbocycles. The highest BCUT2D eigenvalue weighted by molar-refractivity contribution is 5.80. The van der Waals surface area contributed by atoms with Gasteiger partial charge in [-0.1, -0.05) is 30.3 Å². The number of tetrazole rings is 1. The van der Waals surface area contributed by atoms with Crippen molar-refractivity contribution in [3.8, 4) is 0 Å². The van der Waals surface area contributed by atoms with Crippen LogP contribution in [0.5, 0.6) is 0 Å². The van der Waals surface area contributed by atoms with Crippen LogP contribution >= 0.6 is 0 Å². The van der Waals surface area contributed by atoms with E-state index in [1.54, 1.807) is 0 Å². The molecule has 1 N–H and O–H groups in total. The molecule has 8 heteroatoms. The van der Waals surface area contributed by atoms with Crippen LogP contribution < -0.4 is 5.32 Å². The number of nitrogens with one attached hydrogen (secondary N) is 1. The maximum Gasteiger partial charge on any atom is 0.245 e. The van der Waals surface area contributed by atoms with Crippen molar-refractivity contribution >= 4 is 5.91 Å².